The van der Waals surface area contributed by atoms with Crippen molar-refractivity contribution in [1.82, 2.24) is 0 Å². The summed E-state index contributed by atoms with van der Waals surface area (Å²) in [6.07, 6.45) is -1.09. The molecule has 2 aromatic rings. The Balaban J connectivity index is 2.29. The Morgan fingerprint density at radius 1 is 1.09 bits per heavy atom. The zero-order chi connectivity index (χ0) is 17.0. The maximum atomic E-state index is 12.5. The molecule has 120 valence electrons. The average molecular weight is 321 g/mol. The number of benzene rings is 2. The van der Waals surface area contributed by atoms with E-state index in [4.69, 9.17) is 10.5 Å². The number of methoxy groups -OCH3 is 1. The van der Waals surface area contributed by atoms with E-state index in [1.54, 1.807) is 24.3 Å². The summed E-state index contributed by atoms with van der Waals surface area (Å²) < 4.78 is 42.7. The van der Waals surface area contributed by atoms with Crippen LogP contribution in [0.4, 0.5) is 13.2 Å². The van der Waals surface area contributed by atoms with Crippen LogP contribution in [-0.4, -0.2) is 13.0 Å². The Kier molecular flexibility index (Phi) is 4.74. The molecule has 0 heterocycles. The summed E-state index contributed by atoms with van der Waals surface area (Å²) in [7, 11) is 1.48. The summed E-state index contributed by atoms with van der Waals surface area (Å²) in [6.45, 7) is 0. The predicted molar refractivity (Wildman–Crippen MR) is 81.9 cm³/mol. The van der Waals surface area contributed by atoms with Gasteiger partial charge in [0, 0.05) is 11.1 Å². The van der Waals surface area contributed by atoms with E-state index in [1.807, 2.05) is 0 Å². The molecule has 0 aliphatic heterocycles. The lowest BCUT2D eigenvalue weighted by molar-refractivity contribution is -0.137. The first-order chi connectivity index (χ1) is 10.8. The number of carbonyl (C=O) groups excluding carboxylic acids is 1. The molecule has 0 unspecified atom stereocenters. The van der Waals surface area contributed by atoms with Crippen molar-refractivity contribution in [3.8, 4) is 5.75 Å². The van der Waals surface area contributed by atoms with Gasteiger partial charge in [-0.15, -0.1) is 0 Å². The van der Waals surface area contributed by atoms with Crippen LogP contribution in [0.2, 0.25) is 0 Å². The van der Waals surface area contributed by atoms with Crippen LogP contribution in [0.1, 0.15) is 27.0 Å². The zero-order valence-electron chi connectivity index (χ0n) is 12.2. The van der Waals surface area contributed by atoms with Crippen molar-refractivity contribution in [2.45, 2.75) is 6.18 Å². The predicted octanol–water partition coefficient (Wildman–Crippen LogP) is 3.98. The first-order valence-electron chi connectivity index (χ1n) is 6.64. The minimum Gasteiger partial charge on any atom is -0.496 e. The van der Waals surface area contributed by atoms with E-state index in [1.165, 1.54) is 25.3 Å². The molecule has 0 fully saturated rings. The Hall–Kier alpha value is -2.76. The minimum atomic E-state index is -4.36. The molecular weight excluding hydrogens is 307 g/mol. The number of halogens is 3. The van der Waals surface area contributed by atoms with Crippen molar-refractivity contribution in [3.63, 3.8) is 0 Å². The third-order valence-electron chi connectivity index (χ3n) is 3.21. The van der Waals surface area contributed by atoms with Crippen molar-refractivity contribution in [1.29, 1.82) is 0 Å². The van der Waals surface area contributed by atoms with E-state index in [9.17, 15) is 18.0 Å². The number of alkyl halides is 3. The standard InChI is InChI=1S/C17H14F3NO2/c1-23-15-9-6-13(16(21)22)10-12(15)5-2-11-3-7-14(8-4-11)17(18,19)20/h2-10H,1H3,(H2,21,22)/b5-2+. The number of hydrogen-bond donors (Lipinski definition) is 1. The van der Waals surface area contributed by atoms with Gasteiger partial charge < -0.3 is 10.5 Å². The molecule has 1 amide bonds. The number of rotatable bonds is 4. The van der Waals surface area contributed by atoms with Crippen molar-refractivity contribution in [3.05, 3.63) is 64.7 Å². The molecule has 3 nitrogen and oxygen atoms in total. The fraction of sp³-hybridized carbons (Fsp3) is 0.118. The highest BCUT2D eigenvalue weighted by molar-refractivity contribution is 5.94. The van der Waals surface area contributed by atoms with E-state index in [2.05, 4.69) is 0 Å². The molecular formula is C17H14F3NO2. The van der Waals surface area contributed by atoms with Gasteiger partial charge in [0.05, 0.1) is 12.7 Å². The van der Waals surface area contributed by atoms with Crippen molar-refractivity contribution in [2.24, 2.45) is 5.73 Å². The molecule has 6 heteroatoms. The van der Waals surface area contributed by atoms with Gasteiger partial charge in [0.25, 0.3) is 0 Å². The lowest BCUT2D eigenvalue weighted by atomic mass is 10.1. The summed E-state index contributed by atoms with van der Waals surface area (Å²) in [6, 6.07) is 9.45. The highest BCUT2D eigenvalue weighted by Crippen LogP contribution is 2.29. The topological polar surface area (TPSA) is 52.3 Å². The van der Waals surface area contributed by atoms with Gasteiger partial charge in [0.15, 0.2) is 0 Å². The van der Waals surface area contributed by atoms with Gasteiger partial charge in [-0.25, -0.2) is 0 Å². The largest absolute Gasteiger partial charge is 0.496 e. The summed E-state index contributed by atoms with van der Waals surface area (Å²) in [4.78, 5) is 11.2. The van der Waals surface area contributed by atoms with Crippen LogP contribution in [0.15, 0.2) is 42.5 Å². The molecule has 0 aliphatic carbocycles. The van der Waals surface area contributed by atoms with E-state index in [-0.39, 0.29) is 0 Å². The number of primary amides is 1. The van der Waals surface area contributed by atoms with Crippen LogP contribution in [0.25, 0.3) is 12.2 Å². The van der Waals surface area contributed by atoms with Crippen LogP contribution < -0.4 is 10.5 Å². The van der Waals surface area contributed by atoms with Gasteiger partial charge in [0.2, 0.25) is 5.91 Å². The molecule has 0 bridgehead atoms. The maximum Gasteiger partial charge on any atom is 0.416 e. The Morgan fingerprint density at radius 3 is 2.26 bits per heavy atom. The molecule has 0 radical (unpaired) electrons. The van der Waals surface area contributed by atoms with Crippen molar-refractivity contribution < 1.29 is 22.7 Å². The molecule has 23 heavy (non-hydrogen) atoms. The highest BCUT2D eigenvalue weighted by Gasteiger charge is 2.29. The van der Waals surface area contributed by atoms with Gasteiger partial charge in [-0.3, -0.25) is 4.79 Å². The van der Waals surface area contributed by atoms with E-state index in [0.717, 1.165) is 12.1 Å². The molecule has 0 aromatic heterocycles. The third-order valence-corrected chi connectivity index (χ3v) is 3.21. The quantitative estimate of drug-likeness (QED) is 0.866. The monoisotopic (exact) mass is 321 g/mol. The second-order valence-corrected chi connectivity index (χ2v) is 4.77. The first-order valence-corrected chi connectivity index (χ1v) is 6.64. The molecule has 2 rings (SSSR count). The molecule has 0 atom stereocenters. The Bertz CT molecular complexity index is 734. The fourth-order valence-electron chi connectivity index (χ4n) is 1.99. The van der Waals surface area contributed by atoms with Crippen LogP contribution >= 0.6 is 0 Å². The van der Waals surface area contributed by atoms with Crippen LogP contribution in [-0.2, 0) is 6.18 Å². The summed E-state index contributed by atoms with van der Waals surface area (Å²) in [5, 5.41) is 0. The average Bonchev–Trinajstić information content (AvgIpc) is 2.52. The molecule has 0 saturated heterocycles. The number of amides is 1. The normalized spacial score (nSPS) is 11.7. The third kappa shape index (κ3) is 4.12. The first kappa shape index (κ1) is 16.6. The number of nitrogens with two attached hydrogens (primary N) is 1. The Labute approximate surface area is 131 Å². The molecule has 0 aliphatic rings. The Morgan fingerprint density at radius 2 is 1.74 bits per heavy atom. The second kappa shape index (κ2) is 6.56. The molecule has 2 aromatic carbocycles. The minimum absolute atomic E-state index is 0.317. The summed E-state index contributed by atoms with van der Waals surface area (Å²) in [5.41, 5.74) is 6.03. The lowest BCUT2D eigenvalue weighted by Gasteiger charge is -2.07. The summed E-state index contributed by atoms with van der Waals surface area (Å²) >= 11 is 0. The smallest absolute Gasteiger partial charge is 0.416 e. The van der Waals surface area contributed by atoms with Gasteiger partial charge in [-0.05, 0) is 35.9 Å². The van der Waals surface area contributed by atoms with Gasteiger partial charge in [0.1, 0.15) is 5.75 Å². The second-order valence-electron chi connectivity index (χ2n) is 4.77. The van der Waals surface area contributed by atoms with Gasteiger partial charge in [-0.1, -0.05) is 24.3 Å². The highest BCUT2D eigenvalue weighted by atomic mass is 19.4. The molecule has 0 saturated carbocycles. The number of carbonyl (C=O) groups is 1. The van der Waals surface area contributed by atoms with Crippen molar-refractivity contribution in [2.75, 3.05) is 7.11 Å². The van der Waals surface area contributed by atoms with Crippen LogP contribution in [0.3, 0.4) is 0 Å². The lowest BCUT2D eigenvalue weighted by Crippen LogP contribution is -2.10. The van der Waals surface area contributed by atoms with E-state index >= 15 is 0 Å². The fourth-order valence-corrected chi connectivity index (χ4v) is 1.99. The molecule has 2 N–H and O–H groups in total. The number of ether oxygens (including phenoxy) is 1. The van der Waals surface area contributed by atoms with Crippen LogP contribution in [0.5, 0.6) is 5.75 Å². The van der Waals surface area contributed by atoms with E-state index in [0.29, 0.717) is 22.4 Å². The van der Waals surface area contributed by atoms with Gasteiger partial charge in [-0.2, -0.15) is 13.2 Å². The number of hydrogen-bond acceptors (Lipinski definition) is 2. The maximum absolute atomic E-state index is 12.5. The summed E-state index contributed by atoms with van der Waals surface area (Å²) in [5.74, 6) is -0.0463. The SMILES string of the molecule is COc1ccc(C(N)=O)cc1/C=C/c1ccc(C(F)(F)F)cc1. The van der Waals surface area contributed by atoms with E-state index < -0.39 is 17.6 Å². The molecule has 0 spiro atoms. The zero-order valence-corrected chi connectivity index (χ0v) is 12.2. The van der Waals surface area contributed by atoms with Crippen molar-refractivity contribution >= 4 is 18.1 Å². The van der Waals surface area contributed by atoms with Crippen LogP contribution in [0, 0.1) is 0 Å². The van der Waals surface area contributed by atoms with Gasteiger partial charge >= 0.3 is 6.18 Å².